The number of hydrogen-bond acceptors (Lipinski definition) is 5. The molecule has 0 unspecified atom stereocenters. The molecule has 0 aliphatic rings. The Labute approximate surface area is 123 Å². The zero-order valence-corrected chi connectivity index (χ0v) is 12.5. The van der Waals surface area contributed by atoms with Crippen LogP contribution >= 0.6 is 11.6 Å². The fourth-order valence-corrected chi connectivity index (χ4v) is 1.84. The first-order chi connectivity index (χ1) is 9.58. The molecule has 2 rings (SSSR count). The molecule has 5 nitrogen and oxygen atoms in total. The van der Waals surface area contributed by atoms with E-state index in [2.05, 4.69) is 20.3 Å². The van der Waals surface area contributed by atoms with Crippen LogP contribution in [0.5, 0.6) is 5.88 Å². The van der Waals surface area contributed by atoms with Crippen LogP contribution < -0.4 is 10.1 Å². The number of nitrogens with one attached hydrogen (secondary N) is 1. The number of pyridine rings is 1. The third-order valence-electron chi connectivity index (χ3n) is 2.71. The van der Waals surface area contributed by atoms with Gasteiger partial charge in [0.1, 0.15) is 16.8 Å². The number of nitrogens with zero attached hydrogens (tertiary/aromatic N) is 3. The number of ether oxygens (including phenoxy) is 1. The Morgan fingerprint density at radius 3 is 2.80 bits per heavy atom. The Balaban J connectivity index is 2.10. The van der Waals surface area contributed by atoms with Gasteiger partial charge in [0.25, 0.3) is 0 Å². The normalized spacial score (nSPS) is 10.7. The lowest BCUT2D eigenvalue weighted by Gasteiger charge is -2.10. The van der Waals surface area contributed by atoms with Crippen molar-refractivity contribution >= 4 is 17.4 Å². The van der Waals surface area contributed by atoms with E-state index in [1.165, 1.54) is 0 Å². The molecule has 0 bridgehead atoms. The van der Waals surface area contributed by atoms with Crippen LogP contribution in [0.15, 0.2) is 24.4 Å². The minimum absolute atomic E-state index is 0.232. The van der Waals surface area contributed by atoms with Gasteiger partial charge < -0.3 is 10.1 Å². The number of hydrogen-bond donors (Lipinski definition) is 1. The fourth-order valence-electron chi connectivity index (χ4n) is 1.65. The van der Waals surface area contributed by atoms with E-state index < -0.39 is 0 Å². The average Bonchev–Trinajstić information content (AvgIpc) is 2.44. The molecule has 2 aromatic heterocycles. The highest BCUT2D eigenvalue weighted by molar-refractivity contribution is 6.29. The summed E-state index contributed by atoms with van der Waals surface area (Å²) in [6, 6.07) is 5.51. The molecule has 0 radical (unpaired) electrons. The summed E-state index contributed by atoms with van der Waals surface area (Å²) in [6.45, 7) is 4.68. The van der Waals surface area contributed by atoms with E-state index in [1.807, 2.05) is 26.0 Å². The second-order valence-electron chi connectivity index (χ2n) is 4.65. The summed E-state index contributed by atoms with van der Waals surface area (Å²) in [5.41, 5.74) is 1.05. The van der Waals surface area contributed by atoms with Crippen LogP contribution in [-0.2, 0) is 6.54 Å². The number of halogens is 1. The lowest BCUT2D eigenvalue weighted by atomic mass is 10.2. The summed E-state index contributed by atoms with van der Waals surface area (Å²) in [6.07, 6.45) is 1.71. The van der Waals surface area contributed by atoms with Crippen molar-refractivity contribution in [3.63, 3.8) is 0 Å². The molecule has 2 aromatic rings. The maximum absolute atomic E-state index is 6.00. The van der Waals surface area contributed by atoms with Crippen LogP contribution in [0.4, 0.5) is 5.82 Å². The third kappa shape index (κ3) is 3.81. The van der Waals surface area contributed by atoms with Gasteiger partial charge in [0.05, 0.1) is 7.11 Å². The van der Waals surface area contributed by atoms with Crippen molar-refractivity contribution in [1.29, 1.82) is 0 Å². The van der Waals surface area contributed by atoms with Crippen LogP contribution in [0.1, 0.15) is 31.2 Å². The minimum Gasteiger partial charge on any atom is -0.481 e. The maximum atomic E-state index is 6.00. The van der Waals surface area contributed by atoms with Gasteiger partial charge in [-0.15, -0.1) is 0 Å². The molecule has 0 aliphatic heterocycles. The minimum atomic E-state index is 0.232. The van der Waals surface area contributed by atoms with Crippen LogP contribution in [0.3, 0.4) is 0 Å². The van der Waals surface area contributed by atoms with Gasteiger partial charge in [-0.3, -0.25) is 0 Å². The summed E-state index contributed by atoms with van der Waals surface area (Å²) >= 11 is 6.00. The number of anilines is 1. The molecule has 0 atom stereocenters. The van der Waals surface area contributed by atoms with Crippen molar-refractivity contribution in [2.75, 3.05) is 12.4 Å². The SMILES string of the molecule is COc1cc(CNc2cc(Cl)nc(C(C)C)n2)ccn1. The van der Waals surface area contributed by atoms with Crippen molar-refractivity contribution in [3.8, 4) is 5.88 Å². The van der Waals surface area contributed by atoms with E-state index in [4.69, 9.17) is 16.3 Å². The maximum Gasteiger partial charge on any atom is 0.213 e. The van der Waals surface area contributed by atoms with Crippen molar-refractivity contribution in [3.05, 3.63) is 40.9 Å². The molecule has 106 valence electrons. The molecule has 0 spiro atoms. The quantitative estimate of drug-likeness (QED) is 0.857. The number of aromatic nitrogens is 3. The van der Waals surface area contributed by atoms with Gasteiger partial charge in [-0.05, 0) is 11.6 Å². The van der Waals surface area contributed by atoms with Crippen LogP contribution in [0.2, 0.25) is 5.15 Å². The van der Waals surface area contributed by atoms with E-state index in [0.29, 0.717) is 23.4 Å². The largest absolute Gasteiger partial charge is 0.481 e. The van der Waals surface area contributed by atoms with E-state index >= 15 is 0 Å². The lowest BCUT2D eigenvalue weighted by molar-refractivity contribution is 0.397. The molecule has 20 heavy (non-hydrogen) atoms. The van der Waals surface area contributed by atoms with E-state index in [0.717, 1.165) is 11.4 Å². The van der Waals surface area contributed by atoms with Crippen molar-refractivity contribution in [2.45, 2.75) is 26.3 Å². The molecule has 0 amide bonds. The number of methoxy groups -OCH3 is 1. The smallest absolute Gasteiger partial charge is 0.213 e. The predicted molar refractivity (Wildman–Crippen MR) is 79.2 cm³/mol. The molecule has 1 N–H and O–H groups in total. The first-order valence-electron chi connectivity index (χ1n) is 6.35. The van der Waals surface area contributed by atoms with Crippen LogP contribution in [0.25, 0.3) is 0 Å². The van der Waals surface area contributed by atoms with Crippen molar-refractivity contribution in [1.82, 2.24) is 15.0 Å². The van der Waals surface area contributed by atoms with Gasteiger partial charge in [0, 0.05) is 30.8 Å². The summed E-state index contributed by atoms with van der Waals surface area (Å²) < 4.78 is 5.09. The summed E-state index contributed by atoms with van der Waals surface area (Å²) in [5.74, 6) is 2.26. The summed E-state index contributed by atoms with van der Waals surface area (Å²) in [4.78, 5) is 12.7. The van der Waals surface area contributed by atoms with Gasteiger partial charge in [-0.1, -0.05) is 25.4 Å². The van der Waals surface area contributed by atoms with E-state index in [1.54, 1.807) is 19.4 Å². The van der Waals surface area contributed by atoms with Gasteiger partial charge in [-0.2, -0.15) is 0 Å². The molecule has 0 aliphatic carbocycles. The van der Waals surface area contributed by atoms with Crippen molar-refractivity contribution < 1.29 is 4.74 Å². The first kappa shape index (κ1) is 14.5. The Morgan fingerprint density at radius 2 is 2.10 bits per heavy atom. The molecule has 0 saturated heterocycles. The first-order valence-corrected chi connectivity index (χ1v) is 6.73. The Morgan fingerprint density at radius 1 is 1.30 bits per heavy atom. The molecular formula is C14H17ClN4O. The van der Waals surface area contributed by atoms with Gasteiger partial charge >= 0.3 is 0 Å². The van der Waals surface area contributed by atoms with Crippen LogP contribution in [0, 0.1) is 0 Å². The van der Waals surface area contributed by atoms with Gasteiger partial charge in [-0.25, -0.2) is 15.0 Å². The second kappa shape index (κ2) is 6.52. The van der Waals surface area contributed by atoms with Crippen LogP contribution in [-0.4, -0.2) is 22.1 Å². The summed E-state index contributed by atoms with van der Waals surface area (Å²) in [7, 11) is 1.60. The lowest BCUT2D eigenvalue weighted by Crippen LogP contribution is -2.06. The molecule has 2 heterocycles. The molecule has 6 heteroatoms. The second-order valence-corrected chi connectivity index (χ2v) is 5.04. The molecule has 0 fully saturated rings. The summed E-state index contributed by atoms with van der Waals surface area (Å²) in [5, 5.41) is 3.67. The molecular weight excluding hydrogens is 276 g/mol. The van der Waals surface area contributed by atoms with E-state index in [-0.39, 0.29) is 5.92 Å². The highest BCUT2D eigenvalue weighted by atomic mass is 35.5. The third-order valence-corrected chi connectivity index (χ3v) is 2.90. The van der Waals surface area contributed by atoms with Gasteiger partial charge in [0.2, 0.25) is 5.88 Å². The Kier molecular flexibility index (Phi) is 4.74. The highest BCUT2D eigenvalue weighted by Crippen LogP contribution is 2.18. The zero-order valence-electron chi connectivity index (χ0n) is 11.7. The monoisotopic (exact) mass is 292 g/mol. The average molecular weight is 293 g/mol. The topological polar surface area (TPSA) is 59.9 Å². The zero-order chi connectivity index (χ0) is 14.5. The Hall–Kier alpha value is -1.88. The predicted octanol–water partition coefficient (Wildman–Crippen LogP) is 3.27. The standard InChI is InChI=1S/C14H17ClN4O/c1-9(2)14-18-11(15)7-12(19-14)17-8-10-4-5-16-13(6-10)20-3/h4-7,9H,8H2,1-3H3,(H,17,18,19). The van der Waals surface area contributed by atoms with Gasteiger partial charge in [0.15, 0.2) is 0 Å². The van der Waals surface area contributed by atoms with Crippen molar-refractivity contribution in [2.24, 2.45) is 0 Å². The number of rotatable bonds is 5. The molecule has 0 saturated carbocycles. The highest BCUT2D eigenvalue weighted by Gasteiger charge is 2.07. The molecule has 0 aromatic carbocycles. The fraction of sp³-hybridized carbons (Fsp3) is 0.357. The van der Waals surface area contributed by atoms with E-state index in [9.17, 15) is 0 Å². The Bertz CT molecular complexity index is 589.